The fraction of sp³-hybridized carbons (Fsp3) is 0.476. The van der Waals surface area contributed by atoms with Gasteiger partial charge in [0.25, 0.3) is 10.0 Å². The second-order valence-electron chi connectivity index (χ2n) is 7.35. The van der Waals surface area contributed by atoms with E-state index in [0.717, 1.165) is 10.6 Å². The SMILES string of the molecule is COc1ccc(OCCN(C)C(=O)C2CCCN(S(=O)(=O)c3ccc(C)s3)C2)cc1. The van der Waals surface area contributed by atoms with Gasteiger partial charge in [-0.3, -0.25) is 4.79 Å². The molecule has 1 amide bonds. The molecule has 1 unspecified atom stereocenters. The lowest BCUT2D eigenvalue weighted by Gasteiger charge is -2.33. The maximum absolute atomic E-state index is 12.9. The molecule has 0 bridgehead atoms. The average Bonchev–Trinajstić information content (AvgIpc) is 3.21. The molecule has 30 heavy (non-hydrogen) atoms. The Labute approximate surface area is 182 Å². The van der Waals surface area contributed by atoms with Crippen molar-refractivity contribution in [2.45, 2.75) is 24.0 Å². The van der Waals surface area contributed by atoms with Crippen molar-refractivity contribution in [3.8, 4) is 11.5 Å². The molecule has 0 radical (unpaired) electrons. The minimum absolute atomic E-state index is 0.0457. The number of rotatable bonds is 8. The van der Waals surface area contributed by atoms with E-state index in [1.807, 2.05) is 31.2 Å². The van der Waals surface area contributed by atoms with Gasteiger partial charge in [-0.1, -0.05) is 0 Å². The van der Waals surface area contributed by atoms with Gasteiger partial charge in [-0.25, -0.2) is 8.42 Å². The number of methoxy groups -OCH3 is 1. The van der Waals surface area contributed by atoms with Crippen LogP contribution in [0.5, 0.6) is 11.5 Å². The number of sulfonamides is 1. The summed E-state index contributed by atoms with van der Waals surface area (Å²) in [6, 6.07) is 10.7. The summed E-state index contributed by atoms with van der Waals surface area (Å²) in [7, 11) is -0.207. The first-order chi connectivity index (χ1) is 14.3. The number of amides is 1. The van der Waals surface area contributed by atoms with E-state index >= 15 is 0 Å². The van der Waals surface area contributed by atoms with E-state index in [1.165, 1.54) is 15.6 Å². The fourth-order valence-electron chi connectivity index (χ4n) is 3.43. The van der Waals surface area contributed by atoms with Gasteiger partial charge >= 0.3 is 0 Å². The van der Waals surface area contributed by atoms with Crippen molar-refractivity contribution < 1.29 is 22.7 Å². The summed E-state index contributed by atoms with van der Waals surface area (Å²) in [6.07, 6.45) is 1.37. The minimum atomic E-state index is -3.55. The highest BCUT2D eigenvalue weighted by Crippen LogP contribution is 2.28. The molecular formula is C21H28N2O5S2. The summed E-state index contributed by atoms with van der Waals surface area (Å²) in [5.41, 5.74) is 0. The van der Waals surface area contributed by atoms with Crippen molar-refractivity contribution in [2.75, 3.05) is 40.4 Å². The second-order valence-corrected chi connectivity index (χ2v) is 10.8. The Hall–Kier alpha value is -2.10. The van der Waals surface area contributed by atoms with E-state index in [-0.39, 0.29) is 18.4 Å². The number of hydrogen-bond acceptors (Lipinski definition) is 6. The molecule has 0 saturated carbocycles. The number of carbonyl (C=O) groups excluding carboxylic acids is 1. The van der Waals surface area contributed by atoms with E-state index in [2.05, 4.69) is 0 Å². The molecule has 1 fully saturated rings. The quantitative estimate of drug-likeness (QED) is 0.615. The molecule has 164 valence electrons. The third-order valence-corrected chi connectivity index (χ3v) is 8.51. The molecule has 1 aliphatic heterocycles. The fourth-order valence-corrected chi connectivity index (χ4v) is 6.40. The Morgan fingerprint density at radius 2 is 1.90 bits per heavy atom. The van der Waals surface area contributed by atoms with E-state index in [0.29, 0.717) is 42.5 Å². The van der Waals surface area contributed by atoms with Crippen LogP contribution in [0.1, 0.15) is 17.7 Å². The van der Waals surface area contributed by atoms with Gasteiger partial charge in [0, 0.05) is 25.0 Å². The van der Waals surface area contributed by atoms with Crippen LogP contribution in [-0.4, -0.2) is 63.9 Å². The highest BCUT2D eigenvalue weighted by atomic mass is 32.2. The van der Waals surface area contributed by atoms with E-state index in [4.69, 9.17) is 9.47 Å². The van der Waals surface area contributed by atoms with Gasteiger partial charge in [-0.05, 0) is 56.2 Å². The van der Waals surface area contributed by atoms with Crippen LogP contribution in [0.4, 0.5) is 0 Å². The van der Waals surface area contributed by atoms with Gasteiger partial charge in [-0.15, -0.1) is 11.3 Å². The van der Waals surface area contributed by atoms with E-state index in [9.17, 15) is 13.2 Å². The van der Waals surface area contributed by atoms with Gasteiger partial charge < -0.3 is 14.4 Å². The Balaban J connectivity index is 1.53. The first-order valence-corrected chi connectivity index (χ1v) is 12.2. The summed E-state index contributed by atoms with van der Waals surface area (Å²) in [5.74, 6) is 1.08. The van der Waals surface area contributed by atoms with Crippen molar-refractivity contribution in [1.82, 2.24) is 9.21 Å². The summed E-state index contributed by atoms with van der Waals surface area (Å²) in [5, 5.41) is 0. The van der Waals surface area contributed by atoms with Crippen molar-refractivity contribution in [1.29, 1.82) is 0 Å². The first-order valence-electron chi connectivity index (χ1n) is 9.89. The highest BCUT2D eigenvalue weighted by Gasteiger charge is 2.35. The number of piperidine rings is 1. The average molecular weight is 453 g/mol. The molecular weight excluding hydrogens is 424 g/mol. The van der Waals surface area contributed by atoms with Crippen LogP contribution in [0.2, 0.25) is 0 Å². The first kappa shape index (κ1) is 22.6. The summed E-state index contributed by atoms with van der Waals surface area (Å²) in [4.78, 5) is 15.5. The lowest BCUT2D eigenvalue weighted by atomic mass is 9.98. The van der Waals surface area contributed by atoms with Crippen LogP contribution < -0.4 is 9.47 Å². The zero-order valence-electron chi connectivity index (χ0n) is 17.5. The van der Waals surface area contributed by atoms with Gasteiger partial charge in [0.05, 0.1) is 19.6 Å². The van der Waals surface area contributed by atoms with Crippen LogP contribution >= 0.6 is 11.3 Å². The van der Waals surface area contributed by atoms with Crippen molar-refractivity contribution in [2.24, 2.45) is 5.92 Å². The van der Waals surface area contributed by atoms with Crippen LogP contribution in [-0.2, 0) is 14.8 Å². The number of nitrogens with zero attached hydrogens (tertiary/aromatic N) is 2. The molecule has 9 heteroatoms. The summed E-state index contributed by atoms with van der Waals surface area (Å²) >= 11 is 1.27. The molecule has 7 nitrogen and oxygen atoms in total. The molecule has 1 atom stereocenters. The molecule has 1 aromatic heterocycles. The molecule has 2 heterocycles. The summed E-state index contributed by atoms with van der Waals surface area (Å²) < 4.78 is 38.4. The second kappa shape index (κ2) is 9.80. The zero-order valence-corrected chi connectivity index (χ0v) is 19.2. The van der Waals surface area contributed by atoms with Gasteiger partial charge in [-0.2, -0.15) is 4.31 Å². The Morgan fingerprint density at radius 1 is 1.20 bits per heavy atom. The maximum Gasteiger partial charge on any atom is 0.252 e. The lowest BCUT2D eigenvalue weighted by molar-refractivity contribution is -0.135. The molecule has 0 aliphatic carbocycles. The highest BCUT2D eigenvalue weighted by molar-refractivity contribution is 7.91. The molecule has 1 aliphatic rings. The van der Waals surface area contributed by atoms with Gasteiger partial charge in [0.1, 0.15) is 22.3 Å². The molecule has 0 spiro atoms. The number of likely N-dealkylation sites (N-methyl/N-ethyl adjacent to an activating group) is 1. The molecule has 3 rings (SSSR count). The Bertz CT molecular complexity index is 956. The predicted molar refractivity (Wildman–Crippen MR) is 117 cm³/mol. The van der Waals surface area contributed by atoms with Crippen LogP contribution in [0, 0.1) is 12.8 Å². The van der Waals surface area contributed by atoms with Gasteiger partial charge in [0.2, 0.25) is 5.91 Å². The number of hydrogen-bond donors (Lipinski definition) is 0. The number of thiophene rings is 1. The number of aryl methyl sites for hydroxylation is 1. The molecule has 0 N–H and O–H groups in total. The Morgan fingerprint density at radius 3 is 2.53 bits per heavy atom. The minimum Gasteiger partial charge on any atom is -0.497 e. The third-order valence-electron chi connectivity index (χ3n) is 5.17. The number of benzene rings is 1. The molecule has 1 saturated heterocycles. The molecule has 2 aromatic rings. The maximum atomic E-state index is 12.9. The molecule has 1 aromatic carbocycles. The van der Waals surface area contributed by atoms with Crippen molar-refractivity contribution in [3.05, 3.63) is 41.3 Å². The van der Waals surface area contributed by atoms with E-state index in [1.54, 1.807) is 31.2 Å². The topological polar surface area (TPSA) is 76.2 Å². The zero-order chi connectivity index (χ0) is 21.7. The van der Waals surface area contributed by atoms with Crippen molar-refractivity contribution in [3.63, 3.8) is 0 Å². The van der Waals surface area contributed by atoms with Crippen LogP contribution in [0.25, 0.3) is 0 Å². The van der Waals surface area contributed by atoms with E-state index < -0.39 is 10.0 Å². The lowest BCUT2D eigenvalue weighted by Crippen LogP contribution is -2.46. The summed E-state index contributed by atoms with van der Waals surface area (Å²) in [6.45, 7) is 3.35. The third kappa shape index (κ3) is 5.33. The monoisotopic (exact) mass is 452 g/mol. The predicted octanol–water partition coefficient (Wildman–Crippen LogP) is 3.00. The standard InChI is InChI=1S/C21H28N2O5S2/c1-16-6-11-20(29-16)30(25,26)23-12-4-5-17(15-23)21(24)22(2)13-14-28-19-9-7-18(27-3)8-10-19/h6-11,17H,4-5,12-15H2,1-3H3. The van der Waals surface area contributed by atoms with Crippen LogP contribution in [0.15, 0.2) is 40.6 Å². The largest absolute Gasteiger partial charge is 0.497 e. The number of ether oxygens (including phenoxy) is 2. The van der Waals surface area contributed by atoms with Gasteiger partial charge in [0.15, 0.2) is 0 Å². The Kier molecular flexibility index (Phi) is 7.38. The number of carbonyl (C=O) groups is 1. The smallest absolute Gasteiger partial charge is 0.252 e. The van der Waals surface area contributed by atoms with Crippen molar-refractivity contribution >= 4 is 27.3 Å². The normalized spacial score (nSPS) is 17.5. The van der Waals surface area contributed by atoms with Crippen LogP contribution in [0.3, 0.4) is 0 Å².